The molecule has 6 heteroatoms. The molecule has 1 N–H and O–H groups in total. The van der Waals surface area contributed by atoms with Crippen LogP contribution in [0.2, 0.25) is 0 Å². The van der Waals surface area contributed by atoms with Gasteiger partial charge in [-0.15, -0.1) is 11.8 Å². The average Bonchev–Trinajstić information content (AvgIpc) is 2.57. The van der Waals surface area contributed by atoms with Gasteiger partial charge in [0.2, 0.25) is 5.91 Å². The van der Waals surface area contributed by atoms with Crippen LogP contribution in [0.25, 0.3) is 0 Å². The molecule has 2 aromatic rings. The molecule has 0 bridgehead atoms. The minimum Gasteiger partial charge on any atom is -0.496 e. The van der Waals surface area contributed by atoms with Crippen molar-refractivity contribution in [3.05, 3.63) is 63.6 Å². The zero-order chi connectivity index (χ0) is 17.4. The molecule has 0 atom stereocenters. The zero-order valence-electron chi connectivity index (χ0n) is 13.6. The molecule has 0 aliphatic heterocycles. The molecule has 0 spiro atoms. The number of amides is 1. The molecule has 0 fully saturated rings. The molecular weight excluding hydrogens is 388 g/mol. The predicted octanol–water partition coefficient (Wildman–Crippen LogP) is 4.15. The quantitative estimate of drug-likeness (QED) is 0.554. The molecule has 24 heavy (non-hydrogen) atoms. The van der Waals surface area contributed by atoms with Gasteiger partial charge in [-0.25, -0.2) is 5.43 Å². The van der Waals surface area contributed by atoms with Crippen LogP contribution in [0.3, 0.4) is 0 Å². The fraction of sp³-hybridized carbons (Fsp3) is 0.222. The number of benzene rings is 2. The fourth-order valence-electron chi connectivity index (χ4n) is 1.96. The Morgan fingerprint density at radius 2 is 2.04 bits per heavy atom. The van der Waals surface area contributed by atoms with Gasteiger partial charge in [0.05, 0.1) is 19.1 Å². The van der Waals surface area contributed by atoms with Gasteiger partial charge >= 0.3 is 0 Å². The lowest BCUT2D eigenvalue weighted by Crippen LogP contribution is -2.19. The molecule has 0 saturated heterocycles. The summed E-state index contributed by atoms with van der Waals surface area (Å²) in [6, 6.07) is 13.9. The van der Waals surface area contributed by atoms with Crippen LogP contribution in [0.1, 0.15) is 16.7 Å². The molecule has 0 aromatic heterocycles. The molecule has 0 radical (unpaired) electrons. The Morgan fingerprint density at radius 3 is 2.75 bits per heavy atom. The van der Waals surface area contributed by atoms with Gasteiger partial charge in [0.1, 0.15) is 5.75 Å². The second kappa shape index (κ2) is 9.49. The van der Waals surface area contributed by atoms with Gasteiger partial charge in [-0.2, -0.15) is 5.10 Å². The lowest BCUT2D eigenvalue weighted by atomic mass is 10.2. The average molecular weight is 407 g/mol. The molecular formula is C18H19BrN2O2S. The van der Waals surface area contributed by atoms with Gasteiger partial charge in [0.25, 0.3) is 0 Å². The van der Waals surface area contributed by atoms with Gasteiger partial charge in [-0.1, -0.05) is 45.8 Å². The number of aryl methyl sites for hydroxylation is 1. The number of nitrogens with zero attached hydrogens (tertiary/aromatic N) is 1. The van der Waals surface area contributed by atoms with Crippen molar-refractivity contribution in [3.8, 4) is 5.75 Å². The first-order chi connectivity index (χ1) is 11.6. The maximum absolute atomic E-state index is 11.8. The Bertz CT molecular complexity index is 717. The first-order valence-corrected chi connectivity index (χ1v) is 9.32. The first kappa shape index (κ1) is 18.5. The van der Waals surface area contributed by atoms with Crippen molar-refractivity contribution in [3.63, 3.8) is 0 Å². The van der Waals surface area contributed by atoms with E-state index in [0.717, 1.165) is 15.8 Å². The van der Waals surface area contributed by atoms with E-state index in [9.17, 15) is 4.79 Å². The molecule has 0 aliphatic carbocycles. The summed E-state index contributed by atoms with van der Waals surface area (Å²) >= 11 is 4.96. The zero-order valence-corrected chi connectivity index (χ0v) is 16.0. The van der Waals surface area contributed by atoms with Crippen molar-refractivity contribution < 1.29 is 9.53 Å². The highest BCUT2D eigenvalue weighted by Gasteiger charge is 2.03. The Balaban J connectivity index is 1.78. The number of hydrazone groups is 1. The van der Waals surface area contributed by atoms with E-state index in [0.29, 0.717) is 11.5 Å². The SMILES string of the molecule is COc1ccc(Br)cc1/C=N/NC(=O)CSCc1ccc(C)cc1. The number of hydrogen-bond acceptors (Lipinski definition) is 4. The molecule has 4 nitrogen and oxygen atoms in total. The third-order valence-corrected chi connectivity index (χ3v) is 4.70. The second-order valence-electron chi connectivity index (χ2n) is 5.16. The van der Waals surface area contributed by atoms with Crippen molar-refractivity contribution >= 4 is 39.8 Å². The van der Waals surface area contributed by atoms with E-state index in [2.05, 4.69) is 57.6 Å². The summed E-state index contributed by atoms with van der Waals surface area (Å²) in [5.41, 5.74) is 5.77. The molecule has 0 saturated carbocycles. The van der Waals surface area contributed by atoms with Crippen molar-refractivity contribution in [1.29, 1.82) is 0 Å². The van der Waals surface area contributed by atoms with Gasteiger partial charge < -0.3 is 4.74 Å². The van der Waals surface area contributed by atoms with E-state index in [4.69, 9.17) is 4.74 Å². The minimum absolute atomic E-state index is 0.127. The Labute approximate surface area is 154 Å². The van der Waals surface area contributed by atoms with E-state index < -0.39 is 0 Å². The van der Waals surface area contributed by atoms with Crippen LogP contribution < -0.4 is 10.2 Å². The molecule has 0 heterocycles. The number of ether oxygens (including phenoxy) is 1. The third kappa shape index (κ3) is 6.02. The van der Waals surface area contributed by atoms with Crippen LogP contribution in [0, 0.1) is 6.92 Å². The number of thioether (sulfide) groups is 1. The van der Waals surface area contributed by atoms with E-state index in [1.165, 1.54) is 11.1 Å². The summed E-state index contributed by atoms with van der Waals surface area (Å²) in [6.07, 6.45) is 1.58. The van der Waals surface area contributed by atoms with E-state index in [-0.39, 0.29) is 5.91 Å². The van der Waals surface area contributed by atoms with Crippen LogP contribution in [0.15, 0.2) is 52.0 Å². The van der Waals surface area contributed by atoms with Crippen molar-refractivity contribution in [2.75, 3.05) is 12.9 Å². The van der Waals surface area contributed by atoms with Crippen LogP contribution in [-0.2, 0) is 10.5 Å². The van der Waals surface area contributed by atoms with Crippen LogP contribution in [-0.4, -0.2) is 25.0 Å². The van der Waals surface area contributed by atoms with Crippen LogP contribution >= 0.6 is 27.7 Å². The highest BCUT2D eigenvalue weighted by atomic mass is 79.9. The number of nitrogens with one attached hydrogen (secondary N) is 1. The number of methoxy groups -OCH3 is 1. The van der Waals surface area contributed by atoms with Crippen molar-refractivity contribution in [2.24, 2.45) is 5.10 Å². The maximum Gasteiger partial charge on any atom is 0.250 e. The van der Waals surface area contributed by atoms with E-state index in [1.807, 2.05) is 18.2 Å². The largest absolute Gasteiger partial charge is 0.496 e. The standard InChI is InChI=1S/C18H19BrN2O2S/c1-13-3-5-14(6-4-13)11-24-12-18(22)21-20-10-15-9-16(19)7-8-17(15)23-2/h3-10H,11-12H2,1-2H3,(H,21,22)/b20-10+. The Morgan fingerprint density at radius 1 is 1.29 bits per heavy atom. The van der Waals surface area contributed by atoms with E-state index >= 15 is 0 Å². The van der Waals surface area contributed by atoms with Gasteiger partial charge in [-0.3, -0.25) is 4.79 Å². The fourth-order valence-corrected chi connectivity index (χ4v) is 3.12. The molecule has 2 rings (SSSR count). The normalized spacial score (nSPS) is 10.8. The molecule has 0 aliphatic rings. The van der Waals surface area contributed by atoms with Crippen LogP contribution in [0.5, 0.6) is 5.75 Å². The second-order valence-corrected chi connectivity index (χ2v) is 7.06. The number of halogens is 1. The van der Waals surface area contributed by atoms with Gasteiger partial charge in [0, 0.05) is 15.8 Å². The summed E-state index contributed by atoms with van der Waals surface area (Å²) in [7, 11) is 1.60. The molecule has 1 amide bonds. The summed E-state index contributed by atoms with van der Waals surface area (Å²) in [6.45, 7) is 2.06. The molecule has 126 valence electrons. The lowest BCUT2D eigenvalue weighted by Gasteiger charge is -2.05. The summed E-state index contributed by atoms with van der Waals surface area (Å²) in [4.78, 5) is 11.8. The maximum atomic E-state index is 11.8. The summed E-state index contributed by atoms with van der Waals surface area (Å²) < 4.78 is 6.17. The first-order valence-electron chi connectivity index (χ1n) is 7.37. The number of carbonyl (C=O) groups is 1. The highest BCUT2D eigenvalue weighted by Crippen LogP contribution is 2.21. The van der Waals surface area contributed by atoms with Crippen molar-refractivity contribution in [1.82, 2.24) is 5.43 Å². The topological polar surface area (TPSA) is 50.7 Å². The smallest absolute Gasteiger partial charge is 0.250 e. The number of hydrogen-bond donors (Lipinski definition) is 1. The van der Waals surface area contributed by atoms with Crippen LogP contribution in [0.4, 0.5) is 0 Å². The minimum atomic E-state index is -0.127. The van der Waals surface area contributed by atoms with Crippen molar-refractivity contribution in [2.45, 2.75) is 12.7 Å². The number of carbonyl (C=O) groups excluding carboxylic acids is 1. The third-order valence-electron chi connectivity index (χ3n) is 3.21. The summed E-state index contributed by atoms with van der Waals surface area (Å²) in [5.74, 6) is 1.74. The Hall–Kier alpha value is -1.79. The molecule has 0 unspecified atom stereocenters. The molecule has 2 aromatic carbocycles. The predicted molar refractivity (Wildman–Crippen MR) is 104 cm³/mol. The monoisotopic (exact) mass is 406 g/mol. The summed E-state index contributed by atoms with van der Waals surface area (Å²) in [5, 5.41) is 3.99. The lowest BCUT2D eigenvalue weighted by molar-refractivity contribution is -0.118. The number of rotatable bonds is 7. The van der Waals surface area contributed by atoms with Gasteiger partial charge in [-0.05, 0) is 30.7 Å². The van der Waals surface area contributed by atoms with Gasteiger partial charge in [0.15, 0.2) is 0 Å². The Kier molecular flexibility index (Phi) is 7.34. The highest BCUT2D eigenvalue weighted by molar-refractivity contribution is 9.10. The van der Waals surface area contributed by atoms with E-state index in [1.54, 1.807) is 25.1 Å².